The molecule has 0 amide bonds. The third kappa shape index (κ3) is 5.55. The Bertz CT molecular complexity index is 3280. The molecule has 0 saturated carbocycles. The van der Waals surface area contributed by atoms with Gasteiger partial charge in [-0.15, -0.1) is 0 Å². The third-order valence-electron chi connectivity index (χ3n) is 11.6. The molecule has 1 nitrogen and oxygen atoms in total. The summed E-state index contributed by atoms with van der Waals surface area (Å²) in [5.41, 5.74) is 10.7. The number of hydrogen-bond donors (Lipinski definition) is 0. The molecule has 0 aliphatic heterocycles. The monoisotopic (exact) mass is 723 g/mol. The van der Waals surface area contributed by atoms with E-state index in [9.17, 15) is 0 Å². The first-order chi connectivity index (χ1) is 28.3. The number of benzene rings is 11. The highest BCUT2D eigenvalue weighted by Crippen LogP contribution is 2.48. The van der Waals surface area contributed by atoms with E-state index in [1.54, 1.807) is 0 Å². The minimum Gasteiger partial charge on any atom is -0.310 e. The number of hydrogen-bond acceptors (Lipinski definition) is 1. The molecule has 0 aromatic heterocycles. The molecule has 0 unspecified atom stereocenters. The molecule has 11 aromatic rings. The minimum atomic E-state index is 1.10. The summed E-state index contributed by atoms with van der Waals surface area (Å²) < 4.78 is 0. The van der Waals surface area contributed by atoms with Crippen molar-refractivity contribution in [2.45, 2.75) is 0 Å². The van der Waals surface area contributed by atoms with Gasteiger partial charge in [0.1, 0.15) is 0 Å². The van der Waals surface area contributed by atoms with Gasteiger partial charge in [0.05, 0.1) is 5.69 Å². The Balaban J connectivity index is 1.23. The predicted molar refractivity (Wildman–Crippen MR) is 245 cm³/mol. The van der Waals surface area contributed by atoms with Crippen molar-refractivity contribution in [1.82, 2.24) is 0 Å². The zero-order chi connectivity index (χ0) is 37.7. The Morgan fingerprint density at radius 3 is 1.42 bits per heavy atom. The summed E-state index contributed by atoms with van der Waals surface area (Å²) >= 11 is 0. The molecular formula is C56H37N. The normalized spacial score (nSPS) is 11.5. The van der Waals surface area contributed by atoms with Gasteiger partial charge in [0.15, 0.2) is 0 Å². The van der Waals surface area contributed by atoms with Crippen molar-refractivity contribution in [3.63, 3.8) is 0 Å². The maximum Gasteiger partial charge on any atom is 0.0540 e. The van der Waals surface area contributed by atoms with Crippen LogP contribution in [0.5, 0.6) is 0 Å². The van der Waals surface area contributed by atoms with Crippen molar-refractivity contribution in [1.29, 1.82) is 0 Å². The van der Waals surface area contributed by atoms with Gasteiger partial charge in [0.2, 0.25) is 0 Å². The van der Waals surface area contributed by atoms with Crippen LogP contribution in [-0.4, -0.2) is 0 Å². The van der Waals surface area contributed by atoms with Gasteiger partial charge in [-0.3, -0.25) is 0 Å². The summed E-state index contributed by atoms with van der Waals surface area (Å²) in [5, 5.41) is 12.4. The van der Waals surface area contributed by atoms with Gasteiger partial charge in [-0.1, -0.05) is 194 Å². The van der Waals surface area contributed by atoms with E-state index in [1.807, 2.05) is 0 Å². The van der Waals surface area contributed by atoms with Crippen LogP contribution < -0.4 is 4.90 Å². The topological polar surface area (TPSA) is 3.24 Å². The lowest BCUT2D eigenvalue weighted by molar-refractivity contribution is 1.31. The van der Waals surface area contributed by atoms with Crippen LogP contribution in [0.2, 0.25) is 0 Å². The molecule has 1 heteroatoms. The smallest absolute Gasteiger partial charge is 0.0540 e. The molecule has 11 rings (SSSR count). The molecule has 0 fully saturated rings. The van der Waals surface area contributed by atoms with Crippen LogP contribution in [0.25, 0.3) is 87.2 Å². The molecule has 0 bridgehead atoms. The second kappa shape index (κ2) is 13.7. The van der Waals surface area contributed by atoms with Crippen molar-refractivity contribution >= 4 is 70.9 Å². The molecule has 57 heavy (non-hydrogen) atoms. The molecule has 0 N–H and O–H groups in total. The van der Waals surface area contributed by atoms with E-state index in [1.165, 1.54) is 87.2 Å². The first kappa shape index (κ1) is 32.9. The van der Waals surface area contributed by atoms with Crippen LogP contribution in [0.1, 0.15) is 0 Å². The summed E-state index contributed by atoms with van der Waals surface area (Å²) in [5.74, 6) is 0. The quantitative estimate of drug-likeness (QED) is 0.154. The molecule has 266 valence electrons. The van der Waals surface area contributed by atoms with E-state index in [0.29, 0.717) is 0 Å². The number of rotatable bonds is 6. The highest BCUT2D eigenvalue weighted by atomic mass is 15.1. The first-order valence-electron chi connectivity index (χ1n) is 19.7. The van der Waals surface area contributed by atoms with Crippen molar-refractivity contribution < 1.29 is 0 Å². The third-order valence-corrected chi connectivity index (χ3v) is 11.6. The van der Waals surface area contributed by atoms with Gasteiger partial charge < -0.3 is 4.90 Å². The van der Waals surface area contributed by atoms with E-state index in [4.69, 9.17) is 0 Å². The molecule has 11 aromatic carbocycles. The maximum absolute atomic E-state index is 2.47. The van der Waals surface area contributed by atoms with Gasteiger partial charge >= 0.3 is 0 Å². The Morgan fingerprint density at radius 2 is 0.719 bits per heavy atom. The van der Waals surface area contributed by atoms with Gasteiger partial charge in [-0.05, 0) is 112 Å². The summed E-state index contributed by atoms with van der Waals surface area (Å²) in [6, 6.07) is 82.1. The predicted octanol–water partition coefficient (Wildman–Crippen LogP) is 15.9. The van der Waals surface area contributed by atoms with E-state index in [-0.39, 0.29) is 0 Å². The summed E-state index contributed by atoms with van der Waals surface area (Å²) in [6.07, 6.45) is 0. The molecule has 0 saturated heterocycles. The number of nitrogens with zero attached hydrogens (tertiary/aromatic N) is 1. The lowest BCUT2D eigenvalue weighted by Crippen LogP contribution is -2.11. The molecule has 0 spiro atoms. The Kier molecular flexibility index (Phi) is 7.89. The molecule has 0 aliphatic carbocycles. The molecule has 0 aliphatic rings. The van der Waals surface area contributed by atoms with Crippen LogP contribution in [0.15, 0.2) is 224 Å². The van der Waals surface area contributed by atoms with E-state index < -0.39 is 0 Å². The number of fused-ring (bicyclic) bond motifs is 7. The zero-order valence-corrected chi connectivity index (χ0v) is 31.3. The zero-order valence-electron chi connectivity index (χ0n) is 31.3. The van der Waals surface area contributed by atoms with Crippen molar-refractivity contribution in [3.05, 3.63) is 224 Å². The van der Waals surface area contributed by atoms with Crippen LogP contribution >= 0.6 is 0 Å². The van der Waals surface area contributed by atoms with Gasteiger partial charge in [-0.25, -0.2) is 0 Å². The lowest BCUT2D eigenvalue weighted by atomic mass is 9.85. The largest absolute Gasteiger partial charge is 0.310 e. The Morgan fingerprint density at radius 1 is 0.246 bits per heavy atom. The van der Waals surface area contributed by atoms with Crippen molar-refractivity contribution in [2.75, 3.05) is 4.90 Å². The average molecular weight is 724 g/mol. The SMILES string of the molecule is c1ccc(-c2ccc(N(c3ccc4c(ccc5ccccc54)c3)c3ccc4c(c3)c(-c3ccccc3)c(-c3ccccc3)c3ccccc34)c3ccccc23)cc1. The van der Waals surface area contributed by atoms with Gasteiger partial charge in [-0.2, -0.15) is 0 Å². The Hall–Kier alpha value is -7.48. The Labute approximate surface area is 332 Å². The van der Waals surface area contributed by atoms with Gasteiger partial charge in [0, 0.05) is 16.8 Å². The maximum atomic E-state index is 2.47. The highest BCUT2D eigenvalue weighted by molar-refractivity contribution is 6.22. The fourth-order valence-corrected chi connectivity index (χ4v) is 9.04. The second-order valence-corrected chi connectivity index (χ2v) is 14.8. The summed E-state index contributed by atoms with van der Waals surface area (Å²) in [7, 11) is 0. The highest BCUT2D eigenvalue weighted by Gasteiger charge is 2.22. The van der Waals surface area contributed by atoms with Crippen LogP contribution in [0.3, 0.4) is 0 Å². The van der Waals surface area contributed by atoms with Crippen LogP contribution in [0.4, 0.5) is 17.1 Å². The molecule has 0 radical (unpaired) electrons. The summed E-state index contributed by atoms with van der Waals surface area (Å²) in [4.78, 5) is 2.47. The van der Waals surface area contributed by atoms with Crippen LogP contribution in [-0.2, 0) is 0 Å². The fourth-order valence-electron chi connectivity index (χ4n) is 9.04. The second-order valence-electron chi connectivity index (χ2n) is 14.8. The molecular weight excluding hydrogens is 687 g/mol. The lowest BCUT2D eigenvalue weighted by Gasteiger charge is -2.29. The number of anilines is 3. The molecule has 0 atom stereocenters. The molecule has 0 heterocycles. The average Bonchev–Trinajstić information content (AvgIpc) is 3.29. The fraction of sp³-hybridized carbons (Fsp3) is 0. The standard InChI is InChI=1S/C56H37N/c1-4-16-38(17-5-1)46-34-35-54(51-26-14-12-24-48(46)51)57(43-30-32-47-42(36-43)29-28-39-18-10-11-23-45(39)47)44-31-33-50-49-25-13-15-27-52(49)55(40-19-6-2-7-20-40)56(53(50)37-44)41-21-8-3-9-22-41/h1-37H. The van der Waals surface area contributed by atoms with Crippen molar-refractivity contribution in [2.24, 2.45) is 0 Å². The summed E-state index contributed by atoms with van der Waals surface area (Å²) in [6.45, 7) is 0. The first-order valence-corrected chi connectivity index (χ1v) is 19.7. The van der Waals surface area contributed by atoms with E-state index in [0.717, 1.165) is 17.1 Å². The minimum absolute atomic E-state index is 1.10. The van der Waals surface area contributed by atoms with E-state index >= 15 is 0 Å². The van der Waals surface area contributed by atoms with E-state index in [2.05, 4.69) is 229 Å². The van der Waals surface area contributed by atoms with Crippen LogP contribution in [0, 0.1) is 0 Å². The van der Waals surface area contributed by atoms with Gasteiger partial charge in [0.25, 0.3) is 0 Å². The van der Waals surface area contributed by atoms with Crippen molar-refractivity contribution in [3.8, 4) is 33.4 Å².